The summed E-state index contributed by atoms with van der Waals surface area (Å²) in [6.45, 7) is 1.64. The lowest BCUT2D eigenvalue weighted by molar-refractivity contribution is 0.0438. The highest BCUT2D eigenvalue weighted by molar-refractivity contribution is 7.90. The van der Waals surface area contributed by atoms with E-state index in [1.807, 2.05) is 0 Å². The molecule has 0 bridgehead atoms. The molecule has 148 valence electrons. The van der Waals surface area contributed by atoms with Crippen LogP contribution >= 0.6 is 0 Å². The normalized spacial score (nSPS) is 26.8. The van der Waals surface area contributed by atoms with Gasteiger partial charge in [-0.25, -0.2) is 21.6 Å². The van der Waals surface area contributed by atoms with Crippen LogP contribution in [-0.2, 0) is 19.9 Å². The Morgan fingerprint density at radius 1 is 1.12 bits per heavy atom. The highest BCUT2D eigenvalue weighted by Crippen LogP contribution is 2.39. The summed E-state index contributed by atoms with van der Waals surface area (Å²) >= 11 is 0. The molecule has 0 saturated heterocycles. The van der Waals surface area contributed by atoms with Gasteiger partial charge in [0.15, 0.2) is 9.84 Å². The van der Waals surface area contributed by atoms with Crippen molar-refractivity contribution in [3.63, 3.8) is 0 Å². The van der Waals surface area contributed by atoms with Crippen molar-refractivity contribution in [2.75, 3.05) is 25.2 Å². The molecule has 0 aromatic heterocycles. The summed E-state index contributed by atoms with van der Waals surface area (Å²) in [6.07, 6.45) is -0.391. The number of hydrogen-bond donors (Lipinski definition) is 3. The molecule has 3 atom stereocenters. The molecular formula is C16H25NO7S2. The first-order valence-corrected chi connectivity index (χ1v) is 11.8. The molecular weight excluding hydrogens is 382 g/mol. The van der Waals surface area contributed by atoms with Crippen molar-refractivity contribution in [3.8, 4) is 5.75 Å². The molecule has 3 N–H and O–H groups in total. The fourth-order valence-electron chi connectivity index (χ4n) is 2.94. The van der Waals surface area contributed by atoms with E-state index in [1.54, 1.807) is 0 Å². The largest absolute Gasteiger partial charge is 0.493 e. The zero-order chi connectivity index (χ0) is 19.6. The summed E-state index contributed by atoms with van der Waals surface area (Å²) in [7, 11) is -6.72. The monoisotopic (exact) mass is 407 g/mol. The summed E-state index contributed by atoms with van der Waals surface area (Å²) in [4.78, 5) is 0.168. The van der Waals surface area contributed by atoms with E-state index >= 15 is 0 Å². The van der Waals surface area contributed by atoms with E-state index in [2.05, 4.69) is 4.72 Å². The van der Waals surface area contributed by atoms with E-state index in [9.17, 15) is 27.0 Å². The van der Waals surface area contributed by atoms with E-state index in [0.29, 0.717) is 5.75 Å². The molecule has 1 aromatic rings. The van der Waals surface area contributed by atoms with Gasteiger partial charge in [-0.15, -0.1) is 0 Å². The molecule has 1 unspecified atom stereocenters. The molecule has 0 spiro atoms. The van der Waals surface area contributed by atoms with Crippen LogP contribution < -0.4 is 9.46 Å². The van der Waals surface area contributed by atoms with Crippen molar-refractivity contribution >= 4 is 19.9 Å². The van der Waals surface area contributed by atoms with Gasteiger partial charge < -0.3 is 14.9 Å². The van der Waals surface area contributed by atoms with Crippen LogP contribution in [0.25, 0.3) is 0 Å². The lowest BCUT2D eigenvalue weighted by Gasteiger charge is -2.29. The SMILES string of the molecule is CCS(=O)(=O)NCC1(COc2ccc(S(C)(=O)=O)cc2)C[C@@H](O)[C@@H](O)C1. The van der Waals surface area contributed by atoms with Gasteiger partial charge in [0.2, 0.25) is 10.0 Å². The van der Waals surface area contributed by atoms with Crippen LogP contribution in [0.1, 0.15) is 19.8 Å². The topological polar surface area (TPSA) is 130 Å². The fourth-order valence-corrected chi connectivity index (χ4v) is 4.30. The maximum Gasteiger partial charge on any atom is 0.211 e. The zero-order valence-electron chi connectivity index (χ0n) is 14.8. The van der Waals surface area contributed by atoms with E-state index in [1.165, 1.54) is 31.2 Å². The quantitative estimate of drug-likeness (QED) is 0.549. The second-order valence-corrected chi connectivity index (χ2v) is 10.9. The fraction of sp³-hybridized carbons (Fsp3) is 0.625. The number of benzene rings is 1. The number of nitrogens with one attached hydrogen (secondary N) is 1. The van der Waals surface area contributed by atoms with Gasteiger partial charge in [0.1, 0.15) is 5.75 Å². The minimum absolute atomic E-state index is 0.0404. The summed E-state index contributed by atoms with van der Waals surface area (Å²) in [5.41, 5.74) is -0.753. The number of aliphatic hydroxyl groups excluding tert-OH is 2. The summed E-state index contributed by atoms with van der Waals surface area (Å²) in [6, 6.07) is 5.88. The van der Waals surface area contributed by atoms with Crippen molar-refractivity contribution in [3.05, 3.63) is 24.3 Å². The molecule has 0 aliphatic heterocycles. The van der Waals surface area contributed by atoms with Gasteiger partial charge in [-0.2, -0.15) is 0 Å². The van der Waals surface area contributed by atoms with E-state index in [-0.39, 0.29) is 36.6 Å². The first kappa shape index (κ1) is 21.1. The van der Waals surface area contributed by atoms with Gasteiger partial charge in [0.05, 0.1) is 29.5 Å². The first-order chi connectivity index (χ1) is 12.0. The number of aliphatic hydroxyl groups is 2. The van der Waals surface area contributed by atoms with Crippen molar-refractivity contribution in [1.29, 1.82) is 0 Å². The van der Waals surface area contributed by atoms with Gasteiger partial charge in [-0.1, -0.05) is 0 Å². The van der Waals surface area contributed by atoms with Crippen molar-refractivity contribution in [1.82, 2.24) is 4.72 Å². The molecule has 26 heavy (non-hydrogen) atoms. The number of hydrogen-bond acceptors (Lipinski definition) is 7. The second kappa shape index (κ2) is 7.81. The van der Waals surface area contributed by atoms with E-state index in [0.717, 1.165) is 6.26 Å². The summed E-state index contributed by atoms with van der Waals surface area (Å²) in [5.74, 6) is 0.355. The number of ether oxygens (including phenoxy) is 1. The molecule has 2 rings (SSSR count). The third-order valence-electron chi connectivity index (χ3n) is 4.57. The number of sulfonamides is 1. The molecule has 1 saturated carbocycles. The smallest absolute Gasteiger partial charge is 0.211 e. The molecule has 10 heteroatoms. The van der Waals surface area contributed by atoms with Crippen molar-refractivity contribution < 1.29 is 31.8 Å². The minimum Gasteiger partial charge on any atom is -0.493 e. The molecule has 8 nitrogen and oxygen atoms in total. The predicted octanol–water partition coefficient (Wildman–Crippen LogP) is -0.0898. The van der Waals surface area contributed by atoms with Gasteiger partial charge in [0.25, 0.3) is 0 Å². The van der Waals surface area contributed by atoms with Crippen LogP contribution in [0.2, 0.25) is 0 Å². The van der Waals surface area contributed by atoms with Crippen LogP contribution in [0.4, 0.5) is 0 Å². The Bertz CT molecular complexity index is 809. The average Bonchev–Trinajstić information content (AvgIpc) is 2.86. The Morgan fingerprint density at radius 2 is 1.65 bits per heavy atom. The molecule has 1 aliphatic rings. The van der Waals surface area contributed by atoms with E-state index < -0.39 is 37.5 Å². The Hall–Kier alpha value is -1.20. The Labute approximate surface area is 154 Å². The standard InChI is InChI=1S/C16H25NO7S2/c1-3-26(22,23)17-10-16(8-14(18)15(19)9-16)11-24-12-4-6-13(7-5-12)25(2,20)21/h4-7,14-15,17-19H,3,8-11H2,1-2H3/t14-,15+,16?. The molecule has 1 fully saturated rings. The average molecular weight is 408 g/mol. The van der Waals surface area contributed by atoms with Crippen molar-refractivity contribution in [2.24, 2.45) is 5.41 Å². The third kappa shape index (κ3) is 5.40. The minimum atomic E-state index is -3.42. The summed E-state index contributed by atoms with van der Waals surface area (Å²) < 4.78 is 54.6. The van der Waals surface area contributed by atoms with Gasteiger partial charge >= 0.3 is 0 Å². The van der Waals surface area contributed by atoms with Crippen LogP contribution in [0.3, 0.4) is 0 Å². The number of rotatable bonds is 8. The van der Waals surface area contributed by atoms with E-state index in [4.69, 9.17) is 4.74 Å². The first-order valence-electron chi connectivity index (χ1n) is 8.23. The van der Waals surface area contributed by atoms with Gasteiger partial charge in [-0.05, 0) is 44.0 Å². The lowest BCUT2D eigenvalue weighted by Crippen LogP contribution is -2.41. The Morgan fingerprint density at radius 3 is 2.12 bits per heavy atom. The zero-order valence-corrected chi connectivity index (χ0v) is 16.4. The highest BCUT2D eigenvalue weighted by Gasteiger charge is 2.45. The molecule has 0 heterocycles. The molecule has 0 radical (unpaired) electrons. The lowest BCUT2D eigenvalue weighted by atomic mass is 9.87. The Balaban J connectivity index is 2.10. The number of sulfone groups is 1. The van der Waals surface area contributed by atoms with Crippen LogP contribution in [0, 0.1) is 5.41 Å². The molecule has 1 aliphatic carbocycles. The highest BCUT2D eigenvalue weighted by atomic mass is 32.2. The van der Waals surface area contributed by atoms with Gasteiger partial charge in [-0.3, -0.25) is 0 Å². The van der Waals surface area contributed by atoms with Crippen LogP contribution in [0.15, 0.2) is 29.2 Å². The van der Waals surface area contributed by atoms with Crippen LogP contribution in [-0.4, -0.2) is 64.4 Å². The molecule has 0 amide bonds. The maximum atomic E-state index is 11.7. The van der Waals surface area contributed by atoms with Crippen molar-refractivity contribution in [2.45, 2.75) is 36.9 Å². The van der Waals surface area contributed by atoms with Crippen LogP contribution in [0.5, 0.6) is 5.75 Å². The maximum absolute atomic E-state index is 11.7. The predicted molar refractivity (Wildman–Crippen MR) is 96.2 cm³/mol. The Kier molecular flexibility index (Phi) is 6.34. The second-order valence-electron chi connectivity index (χ2n) is 6.80. The summed E-state index contributed by atoms with van der Waals surface area (Å²) in [5, 5.41) is 19.8. The third-order valence-corrected chi connectivity index (χ3v) is 7.05. The molecule has 1 aromatic carbocycles. The van der Waals surface area contributed by atoms with Gasteiger partial charge in [0, 0.05) is 18.2 Å².